The van der Waals surface area contributed by atoms with Crippen molar-refractivity contribution in [2.45, 2.75) is 51.8 Å². The number of pyridine rings is 1. The Morgan fingerprint density at radius 1 is 1.09 bits per heavy atom. The Labute approximate surface area is 196 Å². The van der Waals surface area contributed by atoms with Crippen molar-refractivity contribution in [3.8, 4) is 17.0 Å². The van der Waals surface area contributed by atoms with E-state index in [1.54, 1.807) is 6.07 Å². The fourth-order valence-electron chi connectivity index (χ4n) is 4.67. The van der Waals surface area contributed by atoms with Crippen molar-refractivity contribution < 1.29 is 22.7 Å². The van der Waals surface area contributed by atoms with Gasteiger partial charge in [-0.3, -0.25) is 9.78 Å². The molecule has 1 aliphatic carbocycles. The van der Waals surface area contributed by atoms with E-state index in [1.807, 2.05) is 20.0 Å². The van der Waals surface area contributed by atoms with Gasteiger partial charge in [0.2, 0.25) is 0 Å². The molecule has 4 rings (SSSR count). The van der Waals surface area contributed by atoms with Crippen molar-refractivity contribution >= 4 is 5.91 Å². The van der Waals surface area contributed by atoms with Crippen LogP contribution in [0.15, 0.2) is 48.7 Å². The minimum atomic E-state index is -4.74. The Balaban J connectivity index is 1.35. The number of aromatic amines is 1. The molecule has 0 saturated heterocycles. The quantitative estimate of drug-likeness (QED) is 0.444. The van der Waals surface area contributed by atoms with E-state index in [0.29, 0.717) is 35.2 Å². The Bertz CT molecular complexity index is 1130. The third-order valence-corrected chi connectivity index (χ3v) is 6.36. The fourth-order valence-corrected chi connectivity index (χ4v) is 4.67. The molecule has 180 valence electrons. The molecule has 1 fully saturated rings. The second-order valence-corrected chi connectivity index (χ2v) is 8.97. The van der Waals surface area contributed by atoms with Gasteiger partial charge in [0.15, 0.2) is 0 Å². The van der Waals surface area contributed by atoms with E-state index in [2.05, 4.69) is 32.2 Å². The van der Waals surface area contributed by atoms with Crippen molar-refractivity contribution in [3.63, 3.8) is 0 Å². The maximum atomic E-state index is 13.0. The van der Waals surface area contributed by atoms with Crippen LogP contribution in [-0.4, -0.2) is 28.8 Å². The van der Waals surface area contributed by atoms with Crippen molar-refractivity contribution in [2.24, 2.45) is 5.92 Å². The molecule has 0 atom stereocenters. The lowest BCUT2D eigenvalue weighted by atomic mass is 9.79. The van der Waals surface area contributed by atoms with Gasteiger partial charge in [0.1, 0.15) is 5.75 Å². The number of H-pyrrole nitrogens is 1. The molecule has 3 aromatic rings. The molecule has 2 heterocycles. The number of alkyl halides is 3. The van der Waals surface area contributed by atoms with Gasteiger partial charge in [0, 0.05) is 24.1 Å². The lowest BCUT2D eigenvalue weighted by Crippen LogP contribution is -2.31. The molecule has 1 saturated carbocycles. The number of benzene rings is 1. The first-order chi connectivity index (χ1) is 16.2. The third kappa shape index (κ3) is 5.98. The minimum Gasteiger partial charge on any atom is -0.406 e. The summed E-state index contributed by atoms with van der Waals surface area (Å²) in [5.74, 6) is 0.465. The van der Waals surface area contributed by atoms with Gasteiger partial charge >= 0.3 is 6.36 Å². The molecule has 8 heteroatoms. The summed E-state index contributed by atoms with van der Waals surface area (Å²) in [6.45, 7) is 4.44. The molecule has 2 N–H and O–H groups in total. The first-order valence-electron chi connectivity index (χ1n) is 11.4. The molecule has 1 amide bonds. The van der Waals surface area contributed by atoms with E-state index in [-0.39, 0.29) is 11.7 Å². The van der Waals surface area contributed by atoms with Crippen molar-refractivity contribution in [1.82, 2.24) is 15.3 Å². The highest BCUT2D eigenvalue weighted by atomic mass is 19.4. The van der Waals surface area contributed by atoms with Crippen LogP contribution < -0.4 is 10.1 Å². The van der Waals surface area contributed by atoms with Gasteiger partial charge in [-0.15, -0.1) is 13.2 Å². The number of carbonyl (C=O) groups excluding carboxylic acids is 1. The van der Waals surface area contributed by atoms with Crippen molar-refractivity contribution in [3.05, 3.63) is 71.2 Å². The molecular formula is C26H28F3N3O2. The van der Waals surface area contributed by atoms with Crippen LogP contribution in [-0.2, 0) is 0 Å². The normalized spacial score (nSPS) is 18.5. The number of nitrogens with zero attached hydrogens (tertiary/aromatic N) is 1. The van der Waals surface area contributed by atoms with Crippen LogP contribution in [0.3, 0.4) is 0 Å². The van der Waals surface area contributed by atoms with Crippen molar-refractivity contribution in [2.75, 3.05) is 6.54 Å². The number of amides is 1. The van der Waals surface area contributed by atoms with Gasteiger partial charge in [0.05, 0.1) is 11.3 Å². The molecule has 0 aliphatic heterocycles. The average molecular weight is 472 g/mol. The van der Waals surface area contributed by atoms with E-state index in [4.69, 9.17) is 0 Å². The first-order valence-corrected chi connectivity index (χ1v) is 11.4. The number of halogens is 3. The molecule has 0 bridgehead atoms. The molecule has 1 aliphatic rings. The summed E-state index contributed by atoms with van der Waals surface area (Å²) >= 11 is 0. The van der Waals surface area contributed by atoms with E-state index in [9.17, 15) is 18.0 Å². The van der Waals surface area contributed by atoms with Gasteiger partial charge in [-0.1, -0.05) is 0 Å². The second-order valence-electron chi connectivity index (χ2n) is 8.97. The number of hydrogen-bond donors (Lipinski definition) is 2. The number of nitrogens with one attached hydrogen (secondary N) is 2. The van der Waals surface area contributed by atoms with Crippen LogP contribution in [0.25, 0.3) is 11.3 Å². The molecule has 2 aromatic heterocycles. The number of aromatic nitrogens is 2. The van der Waals surface area contributed by atoms with Crippen LogP contribution in [0.4, 0.5) is 13.2 Å². The standard InChI is InChI=1S/C26H28F3N3O2/c1-16-13-21(11-12-30-16)19-5-3-18(4-6-19)15-31-25(33)23-14-17(2)32-24(23)20-7-9-22(10-8-20)34-26(27,28)29/h7-14,18-19,32H,3-6,15H2,1-2H3,(H,31,33). The predicted molar refractivity (Wildman–Crippen MR) is 124 cm³/mol. The van der Waals surface area contributed by atoms with E-state index in [0.717, 1.165) is 37.1 Å². The van der Waals surface area contributed by atoms with Crippen LogP contribution in [0.1, 0.15) is 58.9 Å². The van der Waals surface area contributed by atoms with Crippen LogP contribution in [0.2, 0.25) is 0 Å². The summed E-state index contributed by atoms with van der Waals surface area (Å²) in [6, 6.07) is 11.5. The molecule has 5 nitrogen and oxygen atoms in total. The maximum Gasteiger partial charge on any atom is 0.573 e. The lowest BCUT2D eigenvalue weighted by Gasteiger charge is -2.29. The van der Waals surface area contributed by atoms with Gasteiger partial charge in [-0.25, -0.2) is 0 Å². The monoisotopic (exact) mass is 471 g/mol. The van der Waals surface area contributed by atoms with E-state index >= 15 is 0 Å². The zero-order chi connectivity index (χ0) is 24.3. The Morgan fingerprint density at radius 3 is 2.44 bits per heavy atom. The smallest absolute Gasteiger partial charge is 0.406 e. The molecule has 0 radical (unpaired) electrons. The number of carbonyl (C=O) groups is 1. The highest BCUT2D eigenvalue weighted by Crippen LogP contribution is 2.35. The van der Waals surface area contributed by atoms with Gasteiger partial charge in [-0.2, -0.15) is 0 Å². The van der Waals surface area contributed by atoms with E-state index in [1.165, 1.54) is 29.8 Å². The highest BCUT2D eigenvalue weighted by Gasteiger charge is 2.31. The Morgan fingerprint density at radius 2 is 1.79 bits per heavy atom. The number of rotatable bonds is 6. The zero-order valence-electron chi connectivity index (χ0n) is 19.2. The second kappa shape index (κ2) is 9.91. The van der Waals surface area contributed by atoms with E-state index < -0.39 is 6.36 Å². The summed E-state index contributed by atoms with van der Waals surface area (Å²) in [6.07, 6.45) is 1.39. The summed E-state index contributed by atoms with van der Waals surface area (Å²) in [5, 5.41) is 3.06. The van der Waals surface area contributed by atoms with Crippen LogP contribution in [0, 0.1) is 19.8 Å². The highest BCUT2D eigenvalue weighted by molar-refractivity contribution is 6.00. The topological polar surface area (TPSA) is 67.0 Å². The van der Waals surface area contributed by atoms with Gasteiger partial charge in [0.25, 0.3) is 5.91 Å². The summed E-state index contributed by atoms with van der Waals surface area (Å²) < 4.78 is 41.2. The zero-order valence-corrected chi connectivity index (χ0v) is 19.2. The minimum absolute atomic E-state index is 0.193. The number of hydrogen-bond acceptors (Lipinski definition) is 3. The molecule has 0 spiro atoms. The van der Waals surface area contributed by atoms with Crippen molar-refractivity contribution in [1.29, 1.82) is 0 Å². The fraction of sp³-hybridized carbons (Fsp3) is 0.385. The largest absolute Gasteiger partial charge is 0.573 e. The summed E-state index contributed by atoms with van der Waals surface area (Å²) in [7, 11) is 0. The molecule has 0 unspecified atom stereocenters. The van der Waals surface area contributed by atoms with Crippen LogP contribution in [0.5, 0.6) is 5.75 Å². The Hall–Kier alpha value is -3.29. The molecule has 34 heavy (non-hydrogen) atoms. The third-order valence-electron chi connectivity index (χ3n) is 6.36. The SMILES string of the molecule is Cc1cc(C2CCC(CNC(=O)c3cc(C)[nH]c3-c3ccc(OC(F)(F)F)cc3)CC2)ccn1. The molecular weight excluding hydrogens is 443 g/mol. The number of ether oxygens (including phenoxy) is 1. The number of aryl methyl sites for hydroxylation is 2. The molecule has 1 aromatic carbocycles. The predicted octanol–water partition coefficient (Wildman–Crippen LogP) is 6.30. The maximum absolute atomic E-state index is 13.0. The lowest BCUT2D eigenvalue weighted by molar-refractivity contribution is -0.274. The van der Waals surface area contributed by atoms with Gasteiger partial charge < -0.3 is 15.0 Å². The van der Waals surface area contributed by atoms with Crippen LogP contribution >= 0.6 is 0 Å². The average Bonchev–Trinajstić information content (AvgIpc) is 3.19. The van der Waals surface area contributed by atoms with Gasteiger partial charge in [-0.05, 0) is 105 Å². The summed E-state index contributed by atoms with van der Waals surface area (Å²) in [4.78, 5) is 20.4. The summed E-state index contributed by atoms with van der Waals surface area (Å²) in [5.41, 5.74) is 4.83. The Kier molecular flexibility index (Phi) is 6.95. The first kappa shape index (κ1) is 23.9.